The maximum atomic E-state index is 6.21. The number of hydrogen-bond acceptors (Lipinski definition) is 4. The van der Waals surface area contributed by atoms with E-state index in [2.05, 4.69) is 44.5 Å². The van der Waals surface area contributed by atoms with Crippen LogP contribution in [0.4, 0.5) is 11.6 Å². The summed E-state index contributed by atoms with van der Waals surface area (Å²) in [6.45, 7) is 2.49. The molecule has 4 nitrogen and oxygen atoms in total. The third-order valence-corrected chi connectivity index (χ3v) is 4.89. The normalized spacial score (nSPS) is 13.4. The Morgan fingerprint density at radius 1 is 1.00 bits per heavy atom. The molecule has 0 saturated carbocycles. The highest BCUT2D eigenvalue weighted by atomic mass is 35.5. The molecule has 0 atom stereocenters. The SMILES string of the molecule is Clc1ccccc1CNc1cc(N2CCc3ccccc3C2)ncn1. The van der Waals surface area contributed by atoms with Crippen LogP contribution in [0.25, 0.3) is 0 Å². The zero-order valence-corrected chi connectivity index (χ0v) is 14.6. The Morgan fingerprint density at radius 2 is 1.80 bits per heavy atom. The van der Waals surface area contributed by atoms with Crippen molar-refractivity contribution in [1.82, 2.24) is 9.97 Å². The zero-order valence-electron chi connectivity index (χ0n) is 13.8. The maximum Gasteiger partial charge on any atom is 0.134 e. The van der Waals surface area contributed by atoms with Crippen LogP contribution in [0.1, 0.15) is 16.7 Å². The van der Waals surface area contributed by atoms with Crippen molar-refractivity contribution in [2.24, 2.45) is 0 Å². The number of halogens is 1. The molecule has 0 radical (unpaired) electrons. The summed E-state index contributed by atoms with van der Waals surface area (Å²) >= 11 is 6.21. The molecule has 1 N–H and O–H groups in total. The molecule has 0 spiro atoms. The van der Waals surface area contributed by atoms with Crippen molar-refractivity contribution in [1.29, 1.82) is 0 Å². The lowest BCUT2D eigenvalue weighted by Gasteiger charge is -2.29. The molecule has 4 rings (SSSR count). The maximum absolute atomic E-state index is 6.21. The van der Waals surface area contributed by atoms with E-state index in [-0.39, 0.29) is 0 Å². The van der Waals surface area contributed by atoms with Crippen LogP contribution < -0.4 is 10.2 Å². The van der Waals surface area contributed by atoms with E-state index in [9.17, 15) is 0 Å². The van der Waals surface area contributed by atoms with E-state index >= 15 is 0 Å². The van der Waals surface area contributed by atoms with Crippen molar-refractivity contribution >= 4 is 23.2 Å². The first-order chi connectivity index (χ1) is 12.3. The van der Waals surface area contributed by atoms with Gasteiger partial charge in [0.2, 0.25) is 0 Å². The first kappa shape index (κ1) is 15.9. The Labute approximate surface area is 152 Å². The number of hydrogen-bond donors (Lipinski definition) is 1. The molecule has 126 valence electrons. The number of benzene rings is 2. The van der Waals surface area contributed by atoms with Gasteiger partial charge in [0.1, 0.15) is 18.0 Å². The van der Waals surface area contributed by atoms with Gasteiger partial charge in [-0.1, -0.05) is 54.1 Å². The Balaban J connectivity index is 1.48. The number of rotatable bonds is 4. The molecule has 3 aromatic rings. The van der Waals surface area contributed by atoms with Gasteiger partial charge in [-0.3, -0.25) is 0 Å². The van der Waals surface area contributed by atoms with Gasteiger partial charge in [0.05, 0.1) is 0 Å². The van der Waals surface area contributed by atoms with Crippen molar-refractivity contribution in [3.05, 3.63) is 82.6 Å². The second kappa shape index (κ2) is 7.11. The molecule has 0 amide bonds. The monoisotopic (exact) mass is 350 g/mol. The second-order valence-corrected chi connectivity index (χ2v) is 6.55. The molecule has 0 aliphatic carbocycles. The topological polar surface area (TPSA) is 41.0 Å². The van der Waals surface area contributed by atoms with Gasteiger partial charge in [-0.05, 0) is 29.2 Å². The standard InChI is InChI=1S/C20H19ClN4/c21-18-8-4-3-6-16(18)12-22-19-11-20(24-14-23-19)25-10-9-15-5-1-2-7-17(15)13-25/h1-8,11,14H,9-10,12-13H2,(H,22,23,24). The Bertz CT molecular complexity index is 881. The van der Waals surface area contributed by atoms with Crippen molar-refractivity contribution in [2.45, 2.75) is 19.5 Å². The molecule has 0 unspecified atom stereocenters. The number of nitrogens with one attached hydrogen (secondary N) is 1. The molecular formula is C20H19ClN4. The van der Waals surface area contributed by atoms with Gasteiger partial charge in [-0.2, -0.15) is 0 Å². The summed E-state index contributed by atoms with van der Waals surface area (Å²) in [6.07, 6.45) is 2.66. The minimum absolute atomic E-state index is 0.638. The smallest absolute Gasteiger partial charge is 0.134 e. The molecule has 2 aromatic carbocycles. The van der Waals surface area contributed by atoms with E-state index in [1.165, 1.54) is 11.1 Å². The van der Waals surface area contributed by atoms with E-state index < -0.39 is 0 Å². The predicted octanol–water partition coefficient (Wildman–Crippen LogP) is 4.30. The molecule has 0 saturated heterocycles. The molecule has 2 heterocycles. The summed E-state index contributed by atoms with van der Waals surface area (Å²) < 4.78 is 0. The Morgan fingerprint density at radius 3 is 2.68 bits per heavy atom. The van der Waals surface area contributed by atoms with Gasteiger partial charge in [0.25, 0.3) is 0 Å². The van der Waals surface area contributed by atoms with Crippen molar-refractivity contribution < 1.29 is 0 Å². The summed E-state index contributed by atoms with van der Waals surface area (Å²) in [7, 11) is 0. The van der Waals surface area contributed by atoms with Gasteiger partial charge < -0.3 is 10.2 Å². The molecule has 25 heavy (non-hydrogen) atoms. The van der Waals surface area contributed by atoms with Crippen LogP contribution in [0.2, 0.25) is 5.02 Å². The predicted molar refractivity (Wildman–Crippen MR) is 102 cm³/mol. The molecule has 0 fully saturated rings. The summed E-state index contributed by atoms with van der Waals surface area (Å²) in [5, 5.41) is 4.10. The van der Waals surface area contributed by atoms with Crippen molar-refractivity contribution in [2.75, 3.05) is 16.8 Å². The van der Waals surface area contributed by atoms with Crippen LogP contribution in [0.3, 0.4) is 0 Å². The number of fused-ring (bicyclic) bond motifs is 1. The lowest BCUT2D eigenvalue weighted by molar-refractivity contribution is 0.719. The highest BCUT2D eigenvalue weighted by Gasteiger charge is 2.17. The highest BCUT2D eigenvalue weighted by molar-refractivity contribution is 6.31. The molecule has 5 heteroatoms. The number of aromatic nitrogens is 2. The number of anilines is 2. The lowest BCUT2D eigenvalue weighted by Crippen LogP contribution is -2.31. The average molecular weight is 351 g/mol. The van der Waals surface area contributed by atoms with E-state index in [0.717, 1.165) is 41.7 Å². The summed E-state index contributed by atoms with van der Waals surface area (Å²) in [6, 6.07) is 18.4. The molecule has 1 aliphatic rings. The van der Waals surface area contributed by atoms with Crippen LogP contribution >= 0.6 is 11.6 Å². The minimum Gasteiger partial charge on any atom is -0.366 e. The van der Waals surface area contributed by atoms with Crippen LogP contribution in [0, 0.1) is 0 Å². The minimum atomic E-state index is 0.638. The lowest BCUT2D eigenvalue weighted by atomic mass is 10.00. The van der Waals surface area contributed by atoms with Crippen LogP contribution in [0.15, 0.2) is 60.9 Å². The van der Waals surface area contributed by atoms with Gasteiger partial charge in [-0.15, -0.1) is 0 Å². The highest BCUT2D eigenvalue weighted by Crippen LogP contribution is 2.24. The van der Waals surface area contributed by atoms with E-state index in [4.69, 9.17) is 11.6 Å². The zero-order chi connectivity index (χ0) is 17.1. The van der Waals surface area contributed by atoms with Gasteiger partial charge in [0.15, 0.2) is 0 Å². The van der Waals surface area contributed by atoms with Crippen LogP contribution in [-0.4, -0.2) is 16.5 Å². The van der Waals surface area contributed by atoms with Gasteiger partial charge in [0, 0.05) is 30.7 Å². The summed E-state index contributed by atoms with van der Waals surface area (Å²) in [5.41, 5.74) is 3.86. The van der Waals surface area contributed by atoms with Crippen molar-refractivity contribution in [3.63, 3.8) is 0 Å². The molecule has 0 bridgehead atoms. The summed E-state index contributed by atoms with van der Waals surface area (Å²) in [4.78, 5) is 11.1. The van der Waals surface area contributed by atoms with Crippen LogP contribution in [0.5, 0.6) is 0 Å². The average Bonchev–Trinajstić information content (AvgIpc) is 2.67. The fraction of sp³-hybridized carbons (Fsp3) is 0.200. The first-order valence-corrected chi connectivity index (χ1v) is 8.78. The van der Waals surface area contributed by atoms with E-state index in [1.807, 2.05) is 30.3 Å². The van der Waals surface area contributed by atoms with Gasteiger partial charge in [-0.25, -0.2) is 9.97 Å². The molecule has 1 aliphatic heterocycles. The number of nitrogens with zero attached hydrogens (tertiary/aromatic N) is 3. The fourth-order valence-electron chi connectivity index (χ4n) is 3.14. The van der Waals surface area contributed by atoms with E-state index in [0.29, 0.717) is 6.54 Å². The van der Waals surface area contributed by atoms with Crippen LogP contribution in [-0.2, 0) is 19.5 Å². The Kier molecular flexibility index (Phi) is 4.53. The molecule has 1 aromatic heterocycles. The third kappa shape index (κ3) is 3.59. The quantitative estimate of drug-likeness (QED) is 0.761. The van der Waals surface area contributed by atoms with E-state index in [1.54, 1.807) is 6.33 Å². The molecular weight excluding hydrogens is 332 g/mol. The first-order valence-electron chi connectivity index (χ1n) is 8.40. The fourth-order valence-corrected chi connectivity index (χ4v) is 3.34. The third-order valence-electron chi connectivity index (χ3n) is 4.53. The largest absolute Gasteiger partial charge is 0.366 e. The van der Waals surface area contributed by atoms with Crippen molar-refractivity contribution in [3.8, 4) is 0 Å². The van der Waals surface area contributed by atoms with Gasteiger partial charge >= 0.3 is 0 Å². The Hall–Kier alpha value is -2.59. The summed E-state index contributed by atoms with van der Waals surface area (Å²) in [5.74, 6) is 1.76. The second-order valence-electron chi connectivity index (χ2n) is 6.15.